The Labute approximate surface area is 162 Å². The van der Waals surface area contributed by atoms with Gasteiger partial charge < -0.3 is 14.1 Å². The van der Waals surface area contributed by atoms with E-state index in [0.717, 1.165) is 22.3 Å². The highest BCUT2D eigenvalue weighted by Crippen LogP contribution is 2.25. The molecule has 4 rings (SSSR count). The van der Waals surface area contributed by atoms with Crippen molar-refractivity contribution in [1.29, 1.82) is 0 Å². The maximum absolute atomic E-state index is 12.8. The van der Waals surface area contributed by atoms with Crippen molar-refractivity contribution >= 4 is 16.9 Å². The molecule has 1 unspecified atom stereocenters. The topological polar surface area (TPSA) is 77.6 Å². The van der Waals surface area contributed by atoms with Gasteiger partial charge in [-0.3, -0.25) is 9.48 Å². The fourth-order valence-corrected chi connectivity index (χ4v) is 3.61. The number of benzene rings is 1. The van der Waals surface area contributed by atoms with Crippen LogP contribution in [0.15, 0.2) is 33.5 Å². The van der Waals surface area contributed by atoms with E-state index < -0.39 is 6.10 Å². The molecule has 3 aromatic rings. The van der Waals surface area contributed by atoms with Gasteiger partial charge in [-0.15, -0.1) is 0 Å². The van der Waals surface area contributed by atoms with Gasteiger partial charge in [-0.05, 0) is 51.5 Å². The third-order valence-electron chi connectivity index (χ3n) is 5.32. The summed E-state index contributed by atoms with van der Waals surface area (Å²) in [7, 11) is 0. The SMILES string of the molecule is Cc1cc2n(n1)CCN(C(=O)C(C)Oc1ccc3c(C)c(C)c(=O)oc3c1)C2. The molecule has 0 aliphatic carbocycles. The second-order valence-corrected chi connectivity index (χ2v) is 7.32. The molecular formula is C21H23N3O4. The first-order valence-electron chi connectivity index (χ1n) is 9.36. The van der Waals surface area contributed by atoms with Gasteiger partial charge in [0, 0.05) is 23.6 Å². The molecule has 0 radical (unpaired) electrons. The molecule has 3 heterocycles. The van der Waals surface area contributed by atoms with Crippen LogP contribution in [-0.4, -0.2) is 33.2 Å². The normalized spacial score (nSPS) is 14.8. The summed E-state index contributed by atoms with van der Waals surface area (Å²) in [5.41, 5.74) is 3.58. The van der Waals surface area contributed by atoms with Gasteiger partial charge in [0.1, 0.15) is 11.3 Å². The van der Waals surface area contributed by atoms with Gasteiger partial charge in [0.25, 0.3) is 5.91 Å². The molecule has 1 aromatic carbocycles. The van der Waals surface area contributed by atoms with Crippen LogP contribution in [0.25, 0.3) is 11.0 Å². The van der Waals surface area contributed by atoms with Gasteiger partial charge in [-0.25, -0.2) is 4.79 Å². The van der Waals surface area contributed by atoms with Crippen molar-refractivity contribution < 1.29 is 13.9 Å². The Morgan fingerprint density at radius 2 is 1.96 bits per heavy atom. The van der Waals surface area contributed by atoms with E-state index in [-0.39, 0.29) is 11.5 Å². The lowest BCUT2D eigenvalue weighted by atomic mass is 10.1. The number of fused-ring (bicyclic) bond motifs is 2. The van der Waals surface area contributed by atoms with Crippen molar-refractivity contribution in [2.45, 2.75) is 46.9 Å². The average Bonchev–Trinajstić information content (AvgIpc) is 3.04. The standard InChI is InChI=1S/C21H23N3O4/c1-12-9-16-11-23(7-8-24(16)22-12)20(25)15(4)27-17-5-6-18-13(2)14(3)21(26)28-19(18)10-17/h5-6,9-10,15H,7-8,11H2,1-4H3. The minimum Gasteiger partial charge on any atom is -0.481 e. The summed E-state index contributed by atoms with van der Waals surface area (Å²) in [5.74, 6) is 0.421. The molecule has 2 aromatic heterocycles. The number of hydrogen-bond donors (Lipinski definition) is 0. The first-order valence-corrected chi connectivity index (χ1v) is 9.36. The lowest BCUT2D eigenvalue weighted by Gasteiger charge is -2.30. The van der Waals surface area contributed by atoms with Crippen LogP contribution in [-0.2, 0) is 17.9 Å². The fraction of sp³-hybridized carbons (Fsp3) is 0.381. The fourth-order valence-electron chi connectivity index (χ4n) is 3.61. The molecule has 0 fully saturated rings. The molecule has 146 valence electrons. The molecule has 28 heavy (non-hydrogen) atoms. The van der Waals surface area contributed by atoms with Crippen LogP contribution in [0, 0.1) is 20.8 Å². The van der Waals surface area contributed by atoms with Crippen molar-refractivity contribution in [3.05, 3.63) is 57.2 Å². The highest BCUT2D eigenvalue weighted by Gasteiger charge is 2.26. The lowest BCUT2D eigenvalue weighted by Crippen LogP contribution is -2.44. The summed E-state index contributed by atoms with van der Waals surface area (Å²) in [5, 5.41) is 5.28. The van der Waals surface area contributed by atoms with Crippen LogP contribution < -0.4 is 10.4 Å². The zero-order chi connectivity index (χ0) is 20.0. The Balaban J connectivity index is 1.51. The van der Waals surface area contributed by atoms with Crippen molar-refractivity contribution in [2.75, 3.05) is 6.54 Å². The molecule has 1 atom stereocenters. The van der Waals surface area contributed by atoms with Gasteiger partial charge in [0.15, 0.2) is 6.10 Å². The molecule has 7 nitrogen and oxygen atoms in total. The second-order valence-electron chi connectivity index (χ2n) is 7.32. The highest BCUT2D eigenvalue weighted by molar-refractivity contribution is 5.83. The lowest BCUT2D eigenvalue weighted by molar-refractivity contribution is -0.139. The van der Waals surface area contributed by atoms with Gasteiger partial charge in [0.2, 0.25) is 0 Å². The number of hydrogen-bond acceptors (Lipinski definition) is 5. The third kappa shape index (κ3) is 3.17. The van der Waals surface area contributed by atoms with Crippen molar-refractivity contribution in [2.24, 2.45) is 0 Å². The summed E-state index contributed by atoms with van der Waals surface area (Å²) < 4.78 is 13.2. The molecule has 0 N–H and O–H groups in total. The summed E-state index contributed by atoms with van der Waals surface area (Å²) in [6, 6.07) is 7.32. The highest BCUT2D eigenvalue weighted by atomic mass is 16.5. The zero-order valence-corrected chi connectivity index (χ0v) is 16.5. The maximum atomic E-state index is 12.8. The number of amides is 1. The van der Waals surface area contributed by atoms with Crippen molar-refractivity contribution in [3.63, 3.8) is 0 Å². The third-order valence-corrected chi connectivity index (χ3v) is 5.32. The number of carbonyl (C=O) groups is 1. The van der Waals surface area contributed by atoms with E-state index in [1.165, 1.54) is 0 Å². The van der Waals surface area contributed by atoms with Crippen LogP contribution in [0.4, 0.5) is 0 Å². The molecule has 0 spiro atoms. The molecule has 0 bridgehead atoms. The smallest absolute Gasteiger partial charge is 0.339 e. The quantitative estimate of drug-likeness (QED) is 0.652. The van der Waals surface area contributed by atoms with Crippen LogP contribution >= 0.6 is 0 Å². The Morgan fingerprint density at radius 1 is 1.18 bits per heavy atom. The van der Waals surface area contributed by atoms with Gasteiger partial charge >= 0.3 is 5.63 Å². The van der Waals surface area contributed by atoms with E-state index in [0.29, 0.717) is 36.5 Å². The number of rotatable bonds is 3. The Hall–Kier alpha value is -3.09. The number of aryl methyl sites for hydroxylation is 2. The maximum Gasteiger partial charge on any atom is 0.339 e. The molecule has 1 aliphatic heterocycles. The van der Waals surface area contributed by atoms with Gasteiger partial charge in [-0.2, -0.15) is 5.10 Å². The van der Waals surface area contributed by atoms with E-state index in [9.17, 15) is 9.59 Å². The van der Waals surface area contributed by atoms with E-state index in [2.05, 4.69) is 5.10 Å². The summed E-state index contributed by atoms with van der Waals surface area (Å²) >= 11 is 0. The Morgan fingerprint density at radius 3 is 2.75 bits per heavy atom. The van der Waals surface area contributed by atoms with Crippen LogP contribution in [0.5, 0.6) is 5.75 Å². The molecule has 0 saturated heterocycles. The summed E-state index contributed by atoms with van der Waals surface area (Å²) in [4.78, 5) is 26.5. The van der Waals surface area contributed by atoms with E-state index in [4.69, 9.17) is 9.15 Å². The van der Waals surface area contributed by atoms with E-state index in [1.54, 1.807) is 30.9 Å². The largest absolute Gasteiger partial charge is 0.481 e. The first kappa shape index (κ1) is 18.3. The number of ether oxygens (including phenoxy) is 1. The van der Waals surface area contributed by atoms with Gasteiger partial charge in [0.05, 0.1) is 24.5 Å². The Kier molecular flexibility index (Phi) is 4.45. The minimum absolute atomic E-state index is 0.0771. The summed E-state index contributed by atoms with van der Waals surface area (Å²) in [6.45, 7) is 9.14. The predicted octanol–water partition coefficient (Wildman–Crippen LogP) is 2.72. The zero-order valence-electron chi connectivity index (χ0n) is 16.5. The molecule has 0 saturated carbocycles. The van der Waals surface area contributed by atoms with Crippen LogP contribution in [0.2, 0.25) is 0 Å². The monoisotopic (exact) mass is 381 g/mol. The van der Waals surface area contributed by atoms with Crippen molar-refractivity contribution in [1.82, 2.24) is 14.7 Å². The first-order chi connectivity index (χ1) is 13.3. The van der Waals surface area contributed by atoms with E-state index in [1.807, 2.05) is 30.7 Å². The predicted molar refractivity (Wildman–Crippen MR) is 104 cm³/mol. The molecule has 7 heteroatoms. The summed E-state index contributed by atoms with van der Waals surface area (Å²) in [6.07, 6.45) is -0.647. The van der Waals surface area contributed by atoms with E-state index >= 15 is 0 Å². The molecule has 1 aliphatic rings. The minimum atomic E-state index is -0.647. The molecular weight excluding hydrogens is 358 g/mol. The number of nitrogens with zero attached hydrogens (tertiary/aromatic N) is 3. The van der Waals surface area contributed by atoms with Crippen molar-refractivity contribution in [3.8, 4) is 5.75 Å². The average molecular weight is 381 g/mol. The number of aromatic nitrogens is 2. The van der Waals surface area contributed by atoms with Gasteiger partial charge in [-0.1, -0.05) is 0 Å². The Bertz CT molecular complexity index is 1130. The van der Waals surface area contributed by atoms with Crippen LogP contribution in [0.3, 0.4) is 0 Å². The number of carbonyl (C=O) groups excluding carboxylic acids is 1. The molecule has 1 amide bonds. The van der Waals surface area contributed by atoms with Crippen LogP contribution in [0.1, 0.15) is 29.4 Å². The second kappa shape index (κ2) is 6.82.